The Morgan fingerprint density at radius 3 is 0.974 bits per heavy atom. The topological polar surface area (TPSA) is 95.9 Å². The van der Waals surface area contributed by atoms with E-state index < -0.39 is 12.1 Å². The van der Waals surface area contributed by atoms with Gasteiger partial charge in [-0.15, -0.1) is 0 Å². The number of rotatable bonds is 67. The second-order valence-electron chi connectivity index (χ2n) is 24.6. The van der Waals surface area contributed by atoms with Crippen molar-refractivity contribution < 1.29 is 24.5 Å². The third kappa shape index (κ3) is 63.5. The van der Waals surface area contributed by atoms with Crippen molar-refractivity contribution in [3.05, 3.63) is 24.3 Å². The molecule has 0 heterocycles. The van der Waals surface area contributed by atoms with E-state index in [0.717, 1.165) is 44.9 Å². The van der Waals surface area contributed by atoms with Crippen LogP contribution in [0.1, 0.15) is 399 Å². The lowest BCUT2D eigenvalue weighted by Crippen LogP contribution is -2.45. The van der Waals surface area contributed by atoms with Gasteiger partial charge >= 0.3 is 5.97 Å². The van der Waals surface area contributed by atoms with E-state index in [9.17, 15) is 19.8 Å². The largest absolute Gasteiger partial charge is 0.466 e. The first-order valence-corrected chi connectivity index (χ1v) is 35.6. The summed E-state index contributed by atoms with van der Waals surface area (Å²) in [5, 5.41) is 23.3. The van der Waals surface area contributed by atoms with Gasteiger partial charge in [0.05, 0.1) is 25.4 Å². The molecular formula is C72H139NO5. The number of hydrogen-bond donors (Lipinski definition) is 3. The van der Waals surface area contributed by atoms with Crippen molar-refractivity contribution in [3.8, 4) is 0 Å². The number of carbonyl (C=O) groups is 2. The lowest BCUT2D eigenvalue weighted by molar-refractivity contribution is -0.143. The first-order valence-electron chi connectivity index (χ1n) is 35.6. The minimum atomic E-state index is -0.663. The summed E-state index contributed by atoms with van der Waals surface area (Å²) in [5.74, 6) is -0.0146. The van der Waals surface area contributed by atoms with Gasteiger partial charge in [-0.3, -0.25) is 9.59 Å². The summed E-state index contributed by atoms with van der Waals surface area (Å²) in [6.07, 6.45) is 85.2. The van der Waals surface area contributed by atoms with Gasteiger partial charge in [0.15, 0.2) is 0 Å². The van der Waals surface area contributed by atoms with E-state index in [-0.39, 0.29) is 18.5 Å². The highest BCUT2D eigenvalue weighted by molar-refractivity contribution is 5.76. The van der Waals surface area contributed by atoms with Gasteiger partial charge in [0, 0.05) is 12.8 Å². The molecule has 0 aliphatic rings. The molecule has 6 nitrogen and oxygen atoms in total. The zero-order valence-electron chi connectivity index (χ0n) is 52.9. The third-order valence-electron chi connectivity index (χ3n) is 16.8. The van der Waals surface area contributed by atoms with Gasteiger partial charge < -0.3 is 20.3 Å². The first-order chi connectivity index (χ1) is 38.5. The average molecular weight is 1100 g/mol. The fraction of sp³-hybridized carbons (Fsp3) is 0.917. The van der Waals surface area contributed by atoms with Crippen LogP contribution in [-0.4, -0.2) is 47.4 Å². The molecule has 78 heavy (non-hydrogen) atoms. The van der Waals surface area contributed by atoms with Crippen molar-refractivity contribution >= 4 is 11.9 Å². The van der Waals surface area contributed by atoms with Crippen LogP contribution < -0.4 is 5.32 Å². The van der Waals surface area contributed by atoms with Crippen molar-refractivity contribution in [2.24, 2.45) is 0 Å². The quantitative estimate of drug-likeness (QED) is 0.0320. The Hall–Kier alpha value is -1.66. The SMILES string of the molecule is CCCCCCCCCCCCCCCCCCCC(=O)OCCCCCCCCCCC/C=C\C/C=C\CCCCCCCCCCCCCCCCCC(=O)NC(CO)C(O)CCCCCCCCCCCCCCC. The normalized spacial score (nSPS) is 12.6. The Kier molecular flexibility index (Phi) is 66.4. The molecule has 0 aromatic heterocycles. The number of allylic oxidation sites excluding steroid dienone is 4. The number of aliphatic hydroxyl groups is 2. The Labute approximate surface area is 488 Å². The number of esters is 1. The van der Waals surface area contributed by atoms with E-state index in [0.29, 0.717) is 25.9 Å². The zero-order chi connectivity index (χ0) is 56.4. The molecule has 1 amide bonds. The van der Waals surface area contributed by atoms with Crippen LogP contribution in [0.3, 0.4) is 0 Å². The Bertz CT molecular complexity index is 1220. The molecule has 6 heteroatoms. The van der Waals surface area contributed by atoms with Crippen molar-refractivity contribution in [2.75, 3.05) is 13.2 Å². The van der Waals surface area contributed by atoms with Gasteiger partial charge in [-0.2, -0.15) is 0 Å². The second-order valence-corrected chi connectivity index (χ2v) is 24.6. The Morgan fingerprint density at radius 1 is 0.359 bits per heavy atom. The highest BCUT2D eigenvalue weighted by atomic mass is 16.5. The van der Waals surface area contributed by atoms with Crippen LogP contribution in [0.4, 0.5) is 0 Å². The fourth-order valence-electron chi connectivity index (χ4n) is 11.3. The molecule has 2 unspecified atom stereocenters. The van der Waals surface area contributed by atoms with Crippen LogP contribution in [0.5, 0.6) is 0 Å². The summed E-state index contributed by atoms with van der Waals surface area (Å²) in [5.41, 5.74) is 0. The highest BCUT2D eigenvalue weighted by Crippen LogP contribution is 2.19. The molecule has 0 radical (unpaired) electrons. The summed E-state index contributed by atoms with van der Waals surface area (Å²) in [4.78, 5) is 24.6. The van der Waals surface area contributed by atoms with Crippen LogP contribution in [0.15, 0.2) is 24.3 Å². The second kappa shape index (κ2) is 67.8. The van der Waals surface area contributed by atoms with Crippen LogP contribution in [-0.2, 0) is 14.3 Å². The monoisotopic (exact) mass is 1100 g/mol. The van der Waals surface area contributed by atoms with Crippen LogP contribution >= 0.6 is 0 Å². The highest BCUT2D eigenvalue weighted by Gasteiger charge is 2.20. The minimum Gasteiger partial charge on any atom is -0.466 e. The molecule has 0 fully saturated rings. The molecule has 0 rings (SSSR count). The number of ether oxygens (including phenoxy) is 1. The molecule has 0 spiro atoms. The number of nitrogens with one attached hydrogen (secondary N) is 1. The summed E-state index contributed by atoms with van der Waals surface area (Å²) in [6, 6.07) is -0.540. The molecule has 462 valence electrons. The van der Waals surface area contributed by atoms with E-state index in [4.69, 9.17) is 4.74 Å². The van der Waals surface area contributed by atoms with Gasteiger partial charge in [0.1, 0.15) is 0 Å². The van der Waals surface area contributed by atoms with E-state index >= 15 is 0 Å². The smallest absolute Gasteiger partial charge is 0.305 e. The number of unbranched alkanes of at least 4 members (excludes halogenated alkanes) is 52. The van der Waals surface area contributed by atoms with Crippen molar-refractivity contribution in [1.29, 1.82) is 0 Å². The maximum absolute atomic E-state index is 12.5. The number of amides is 1. The molecule has 3 N–H and O–H groups in total. The maximum atomic E-state index is 12.5. The number of aliphatic hydroxyl groups excluding tert-OH is 2. The number of hydrogen-bond acceptors (Lipinski definition) is 5. The fourth-order valence-corrected chi connectivity index (χ4v) is 11.3. The van der Waals surface area contributed by atoms with Crippen molar-refractivity contribution in [2.45, 2.75) is 411 Å². The molecule has 0 bridgehead atoms. The van der Waals surface area contributed by atoms with Crippen LogP contribution in [0, 0.1) is 0 Å². The van der Waals surface area contributed by atoms with E-state index in [2.05, 4.69) is 43.5 Å². The lowest BCUT2D eigenvalue weighted by Gasteiger charge is -2.22. The zero-order valence-corrected chi connectivity index (χ0v) is 52.9. The Balaban J connectivity index is 3.36. The van der Waals surface area contributed by atoms with Gasteiger partial charge in [0.2, 0.25) is 5.91 Å². The number of carbonyl (C=O) groups excluding carboxylic acids is 2. The minimum absolute atomic E-state index is 0.0178. The molecule has 0 aliphatic carbocycles. The molecule has 0 aliphatic heterocycles. The predicted molar refractivity (Wildman–Crippen MR) is 343 cm³/mol. The summed E-state index contributed by atoms with van der Waals surface area (Å²) < 4.78 is 5.50. The van der Waals surface area contributed by atoms with Crippen molar-refractivity contribution in [1.82, 2.24) is 5.32 Å². The van der Waals surface area contributed by atoms with Crippen LogP contribution in [0.2, 0.25) is 0 Å². The third-order valence-corrected chi connectivity index (χ3v) is 16.8. The molecule has 0 saturated carbocycles. The summed E-state index contributed by atoms with van der Waals surface area (Å²) in [6.45, 7) is 4.98. The molecule has 2 atom stereocenters. The van der Waals surface area contributed by atoms with E-state index in [1.54, 1.807) is 0 Å². The Morgan fingerprint density at radius 2 is 0.641 bits per heavy atom. The molecule has 0 aromatic rings. The molecule has 0 aromatic carbocycles. The van der Waals surface area contributed by atoms with E-state index in [1.807, 2.05) is 0 Å². The average Bonchev–Trinajstić information content (AvgIpc) is 3.44. The van der Waals surface area contributed by atoms with Gasteiger partial charge in [-0.05, 0) is 57.8 Å². The standard InChI is InChI=1S/C72H139NO5/c1-3-5-7-9-11-13-15-17-18-34-38-42-46-50-54-58-62-66-72(77)78-67-63-59-55-51-47-43-39-36-33-31-29-27-25-23-21-19-20-22-24-26-28-30-32-35-37-41-45-49-53-57-61-65-71(76)73-69(68-74)70(75)64-60-56-52-48-44-40-16-14-12-10-8-6-4-2/h21,23,27,29,69-70,74-75H,3-20,22,24-26,28,30-68H2,1-2H3,(H,73,76)/b23-21-,29-27-. The summed E-state index contributed by atoms with van der Waals surface area (Å²) in [7, 11) is 0. The van der Waals surface area contributed by atoms with E-state index in [1.165, 1.54) is 321 Å². The lowest BCUT2D eigenvalue weighted by atomic mass is 10.0. The predicted octanol–water partition coefficient (Wildman–Crippen LogP) is 22.9. The summed E-state index contributed by atoms with van der Waals surface area (Å²) >= 11 is 0. The molecule has 0 saturated heterocycles. The van der Waals surface area contributed by atoms with Crippen LogP contribution in [0.25, 0.3) is 0 Å². The maximum Gasteiger partial charge on any atom is 0.305 e. The van der Waals surface area contributed by atoms with Crippen molar-refractivity contribution in [3.63, 3.8) is 0 Å². The first kappa shape index (κ1) is 76.3. The van der Waals surface area contributed by atoms with Gasteiger partial charge in [-0.25, -0.2) is 0 Å². The van der Waals surface area contributed by atoms with Gasteiger partial charge in [0.25, 0.3) is 0 Å². The molecular weight excluding hydrogens is 959 g/mol. The van der Waals surface area contributed by atoms with Gasteiger partial charge in [-0.1, -0.05) is 353 Å².